The summed E-state index contributed by atoms with van der Waals surface area (Å²) in [7, 11) is 0. The largest absolute Gasteiger partial charge is 0.353 e. The van der Waals surface area contributed by atoms with E-state index >= 15 is 0 Å². The molecule has 1 rings (SSSR count). The molecule has 1 aliphatic rings. The highest BCUT2D eigenvalue weighted by molar-refractivity contribution is 4.97. The van der Waals surface area contributed by atoms with Gasteiger partial charge in [0.05, 0.1) is 6.61 Å². The Bertz CT molecular complexity index is 184. The first kappa shape index (κ1) is 11.6. The second kappa shape index (κ2) is 7.84. The van der Waals surface area contributed by atoms with Gasteiger partial charge in [0.1, 0.15) is 0 Å². The summed E-state index contributed by atoms with van der Waals surface area (Å²) in [5.74, 6) is 6.15. The fourth-order valence-corrected chi connectivity index (χ4v) is 1.43. The summed E-state index contributed by atoms with van der Waals surface area (Å²) in [5.41, 5.74) is 0. The SMILES string of the molecule is CCC#CCCCOC1CCCCO1. The van der Waals surface area contributed by atoms with E-state index in [1.165, 1.54) is 12.8 Å². The normalized spacial score (nSPS) is 21.4. The maximum Gasteiger partial charge on any atom is 0.157 e. The van der Waals surface area contributed by atoms with E-state index in [0.29, 0.717) is 0 Å². The summed E-state index contributed by atoms with van der Waals surface area (Å²) in [6, 6.07) is 0. The predicted octanol–water partition coefficient (Wildman–Crippen LogP) is 2.72. The first-order valence-corrected chi connectivity index (χ1v) is 5.62. The Balaban J connectivity index is 1.92. The van der Waals surface area contributed by atoms with Crippen LogP contribution in [0.1, 0.15) is 45.4 Å². The standard InChI is InChI=1S/C12H20O2/c1-2-3-4-5-7-10-13-12-9-6-8-11-14-12/h12H,2,5-11H2,1H3. The molecular weight excluding hydrogens is 176 g/mol. The minimum Gasteiger partial charge on any atom is -0.353 e. The van der Waals surface area contributed by atoms with Gasteiger partial charge in [-0.05, 0) is 25.7 Å². The van der Waals surface area contributed by atoms with Gasteiger partial charge in [0.25, 0.3) is 0 Å². The molecular formula is C12H20O2. The molecule has 0 bridgehead atoms. The fraction of sp³-hybridized carbons (Fsp3) is 0.833. The van der Waals surface area contributed by atoms with Gasteiger partial charge < -0.3 is 9.47 Å². The first-order valence-electron chi connectivity index (χ1n) is 5.62. The Labute approximate surface area is 87.0 Å². The smallest absolute Gasteiger partial charge is 0.157 e. The molecule has 0 aliphatic carbocycles. The van der Waals surface area contributed by atoms with Crippen molar-refractivity contribution in [3.05, 3.63) is 0 Å². The first-order chi connectivity index (χ1) is 6.93. The third-order valence-electron chi connectivity index (χ3n) is 2.19. The van der Waals surface area contributed by atoms with Crippen molar-refractivity contribution in [1.29, 1.82) is 0 Å². The van der Waals surface area contributed by atoms with E-state index in [9.17, 15) is 0 Å². The molecule has 0 aromatic rings. The molecule has 0 saturated carbocycles. The monoisotopic (exact) mass is 196 g/mol. The van der Waals surface area contributed by atoms with Gasteiger partial charge in [-0.15, -0.1) is 11.8 Å². The van der Waals surface area contributed by atoms with Crippen molar-refractivity contribution in [3.63, 3.8) is 0 Å². The number of rotatable bonds is 4. The quantitative estimate of drug-likeness (QED) is 0.508. The van der Waals surface area contributed by atoms with Gasteiger partial charge >= 0.3 is 0 Å². The van der Waals surface area contributed by atoms with Crippen LogP contribution < -0.4 is 0 Å². The van der Waals surface area contributed by atoms with Gasteiger partial charge in [-0.25, -0.2) is 0 Å². The molecule has 1 aliphatic heterocycles. The zero-order chi connectivity index (χ0) is 10.1. The van der Waals surface area contributed by atoms with Crippen LogP contribution in [0.15, 0.2) is 0 Å². The lowest BCUT2D eigenvalue weighted by molar-refractivity contribution is -0.162. The molecule has 2 nitrogen and oxygen atoms in total. The molecule has 0 aromatic heterocycles. The second-order valence-electron chi connectivity index (χ2n) is 3.48. The Kier molecular flexibility index (Phi) is 6.47. The van der Waals surface area contributed by atoms with Crippen molar-refractivity contribution >= 4 is 0 Å². The predicted molar refractivity (Wildman–Crippen MR) is 56.8 cm³/mol. The molecule has 0 aromatic carbocycles. The van der Waals surface area contributed by atoms with Crippen molar-refractivity contribution in [3.8, 4) is 11.8 Å². The van der Waals surface area contributed by atoms with E-state index in [-0.39, 0.29) is 6.29 Å². The third kappa shape index (κ3) is 5.26. The minimum atomic E-state index is 0.0582. The number of unbranched alkanes of at least 4 members (excludes halogenated alkanes) is 1. The molecule has 1 fully saturated rings. The average molecular weight is 196 g/mol. The number of ether oxygens (including phenoxy) is 2. The Hall–Kier alpha value is -0.520. The van der Waals surface area contributed by atoms with Crippen molar-refractivity contribution in [1.82, 2.24) is 0 Å². The highest BCUT2D eigenvalue weighted by Crippen LogP contribution is 2.13. The zero-order valence-electron chi connectivity index (χ0n) is 9.05. The van der Waals surface area contributed by atoms with E-state index in [2.05, 4.69) is 18.8 Å². The summed E-state index contributed by atoms with van der Waals surface area (Å²) in [5, 5.41) is 0. The lowest BCUT2D eigenvalue weighted by atomic mass is 10.2. The lowest BCUT2D eigenvalue weighted by Gasteiger charge is -2.22. The third-order valence-corrected chi connectivity index (χ3v) is 2.19. The van der Waals surface area contributed by atoms with Crippen LogP contribution in [0.3, 0.4) is 0 Å². The highest BCUT2D eigenvalue weighted by Gasteiger charge is 2.12. The van der Waals surface area contributed by atoms with Crippen LogP contribution in [0.4, 0.5) is 0 Å². The van der Waals surface area contributed by atoms with Crippen LogP contribution in [0, 0.1) is 11.8 Å². The topological polar surface area (TPSA) is 18.5 Å². The number of hydrogen-bond donors (Lipinski definition) is 0. The molecule has 0 N–H and O–H groups in total. The Morgan fingerprint density at radius 1 is 1.36 bits per heavy atom. The van der Waals surface area contributed by atoms with Gasteiger partial charge in [0.15, 0.2) is 6.29 Å². The van der Waals surface area contributed by atoms with E-state index < -0.39 is 0 Å². The second-order valence-corrected chi connectivity index (χ2v) is 3.48. The van der Waals surface area contributed by atoms with Gasteiger partial charge in [-0.2, -0.15) is 0 Å². The molecule has 80 valence electrons. The van der Waals surface area contributed by atoms with E-state index in [1.807, 2.05) is 0 Å². The summed E-state index contributed by atoms with van der Waals surface area (Å²) >= 11 is 0. The van der Waals surface area contributed by atoms with E-state index in [4.69, 9.17) is 9.47 Å². The molecule has 0 spiro atoms. The average Bonchev–Trinajstić information content (AvgIpc) is 2.25. The molecule has 14 heavy (non-hydrogen) atoms. The maximum absolute atomic E-state index is 5.57. The van der Waals surface area contributed by atoms with Gasteiger partial charge in [0, 0.05) is 19.4 Å². The number of hydrogen-bond acceptors (Lipinski definition) is 2. The van der Waals surface area contributed by atoms with Gasteiger partial charge in [-0.3, -0.25) is 0 Å². The Morgan fingerprint density at radius 3 is 3.00 bits per heavy atom. The highest BCUT2D eigenvalue weighted by atomic mass is 16.7. The molecule has 1 heterocycles. The molecule has 0 radical (unpaired) electrons. The van der Waals surface area contributed by atoms with Gasteiger partial charge in [0.2, 0.25) is 0 Å². The molecule has 1 atom stereocenters. The van der Waals surface area contributed by atoms with Crippen molar-refractivity contribution < 1.29 is 9.47 Å². The van der Waals surface area contributed by atoms with Gasteiger partial charge in [-0.1, -0.05) is 6.92 Å². The van der Waals surface area contributed by atoms with E-state index in [0.717, 1.165) is 38.9 Å². The maximum atomic E-state index is 5.57. The van der Waals surface area contributed by atoms with Crippen LogP contribution in [-0.2, 0) is 9.47 Å². The lowest BCUT2D eigenvalue weighted by Crippen LogP contribution is -2.22. The molecule has 2 heteroatoms. The summed E-state index contributed by atoms with van der Waals surface area (Å²) in [6.07, 6.45) is 6.45. The Morgan fingerprint density at radius 2 is 2.29 bits per heavy atom. The molecule has 1 unspecified atom stereocenters. The van der Waals surface area contributed by atoms with Crippen LogP contribution in [-0.4, -0.2) is 19.5 Å². The molecule has 0 amide bonds. The van der Waals surface area contributed by atoms with E-state index in [1.54, 1.807) is 0 Å². The van der Waals surface area contributed by atoms with Crippen LogP contribution in [0.25, 0.3) is 0 Å². The molecule has 1 saturated heterocycles. The van der Waals surface area contributed by atoms with Crippen LogP contribution in [0.2, 0.25) is 0 Å². The fourth-order valence-electron chi connectivity index (χ4n) is 1.43. The van der Waals surface area contributed by atoms with Crippen molar-refractivity contribution in [2.24, 2.45) is 0 Å². The summed E-state index contributed by atoms with van der Waals surface area (Å²) in [4.78, 5) is 0. The van der Waals surface area contributed by atoms with Crippen molar-refractivity contribution in [2.75, 3.05) is 13.2 Å². The summed E-state index contributed by atoms with van der Waals surface area (Å²) in [6.45, 7) is 3.71. The zero-order valence-corrected chi connectivity index (χ0v) is 9.05. The van der Waals surface area contributed by atoms with Crippen LogP contribution >= 0.6 is 0 Å². The minimum absolute atomic E-state index is 0.0582. The summed E-state index contributed by atoms with van der Waals surface area (Å²) < 4.78 is 11.0. The van der Waals surface area contributed by atoms with Crippen LogP contribution in [0.5, 0.6) is 0 Å². The van der Waals surface area contributed by atoms with Crippen molar-refractivity contribution in [2.45, 2.75) is 51.7 Å².